The lowest BCUT2D eigenvalue weighted by Crippen LogP contribution is -2.40. The van der Waals surface area contributed by atoms with Crippen LogP contribution in [0.1, 0.15) is 42.2 Å². The number of carbonyl (C=O) groups is 2. The van der Waals surface area contributed by atoms with Gasteiger partial charge in [-0.3, -0.25) is 4.79 Å². The molecule has 0 saturated heterocycles. The van der Waals surface area contributed by atoms with Crippen LogP contribution in [-0.2, 0) is 4.79 Å². The summed E-state index contributed by atoms with van der Waals surface area (Å²) in [5.74, 6) is -0.914. The minimum Gasteiger partial charge on any atom is -0.494 e. The Kier molecular flexibility index (Phi) is 6.16. The van der Waals surface area contributed by atoms with Crippen LogP contribution in [0.5, 0.6) is 5.75 Å². The van der Waals surface area contributed by atoms with Crippen molar-refractivity contribution in [2.45, 2.75) is 39.2 Å². The molecule has 7 nitrogen and oxygen atoms in total. The van der Waals surface area contributed by atoms with Crippen molar-refractivity contribution in [3.05, 3.63) is 41.7 Å². The van der Waals surface area contributed by atoms with E-state index < -0.39 is 17.9 Å². The van der Waals surface area contributed by atoms with E-state index in [1.54, 1.807) is 24.1 Å². The quantitative estimate of drug-likeness (QED) is 0.767. The van der Waals surface area contributed by atoms with Gasteiger partial charge in [0.05, 0.1) is 7.11 Å². The van der Waals surface area contributed by atoms with E-state index in [0.29, 0.717) is 17.9 Å². The second-order valence-electron chi connectivity index (χ2n) is 5.83. The van der Waals surface area contributed by atoms with Crippen molar-refractivity contribution < 1.29 is 19.4 Å². The first kappa shape index (κ1) is 18.5. The highest BCUT2D eigenvalue weighted by molar-refractivity contribution is 5.94. The molecule has 2 aromatic rings. The fourth-order valence-corrected chi connectivity index (χ4v) is 2.46. The van der Waals surface area contributed by atoms with E-state index in [0.717, 1.165) is 18.4 Å². The van der Waals surface area contributed by atoms with Crippen LogP contribution in [0.4, 0.5) is 0 Å². The number of hydrogen-bond acceptors (Lipinski definition) is 4. The van der Waals surface area contributed by atoms with E-state index in [1.807, 2.05) is 32.0 Å². The maximum atomic E-state index is 12.3. The van der Waals surface area contributed by atoms with Crippen LogP contribution in [-0.4, -0.2) is 39.9 Å². The number of unbranched alkanes of at least 4 members (excludes halogenated alkanes) is 1. The molecule has 0 saturated carbocycles. The molecular weight excluding hydrogens is 322 g/mol. The molecule has 1 unspecified atom stereocenters. The molecule has 0 aliphatic rings. The van der Waals surface area contributed by atoms with Crippen LogP contribution in [0.25, 0.3) is 5.69 Å². The molecule has 2 N–H and O–H groups in total. The maximum absolute atomic E-state index is 12.3. The molecule has 134 valence electrons. The predicted octanol–water partition coefficient (Wildman–Crippen LogP) is 2.56. The minimum absolute atomic E-state index is 0.159. The second kappa shape index (κ2) is 8.32. The van der Waals surface area contributed by atoms with E-state index >= 15 is 0 Å². The first-order chi connectivity index (χ1) is 12.0. The van der Waals surface area contributed by atoms with Gasteiger partial charge >= 0.3 is 5.97 Å². The number of rotatable bonds is 8. The Hall–Kier alpha value is -2.83. The number of carbonyl (C=O) groups excluding carboxylic acids is 1. The SMILES string of the molecule is CCCCC(NC(=O)c1ccn(-c2cc(C)ccc2OC)n1)C(=O)O. The summed E-state index contributed by atoms with van der Waals surface area (Å²) in [4.78, 5) is 23.6. The second-order valence-corrected chi connectivity index (χ2v) is 5.83. The van der Waals surface area contributed by atoms with E-state index in [1.165, 1.54) is 0 Å². The average Bonchev–Trinajstić information content (AvgIpc) is 3.08. The number of carboxylic acid groups (broad SMARTS) is 1. The Morgan fingerprint density at radius 3 is 2.76 bits per heavy atom. The topological polar surface area (TPSA) is 93.5 Å². The van der Waals surface area contributed by atoms with Gasteiger partial charge in [0, 0.05) is 6.20 Å². The lowest BCUT2D eigenvalue weighted by atomic mass is 10.1. The first-order valence-electron chi connectivity index (χ1n) is 8.20. The lowest BCUT2D eigenvalue weighted by Gasteiger charge is -2.13. The van der Waals surface area contributed by atoms with Gasteiger partial charge in [0.2, 0.25) is 0 Å². The molecule has 1 aromatic heterocycles. The Balaban J connectivity index is 2.19. The van der Waals surface area contributed by atoms with Gasteiger partial charge in [-0.15, -0.1) is 0 Å². The molecule has 0 radical (unpaired) electrons. The number of hydrogen-bond donors (Lipinski definition) is 2. The Bertz CT molecular complexity index is 755. The summed E-state index contributed by atoms with van der Waals surface area (Å²) >= 11 is 0. The number of carboxylic acids is 1. The Morgan fingerprint density at radius 2 is 2.12 bits per heavy atom. The van der Waals surface area contributed by atoms with Crippen molar-refractivity contribution >= 4 is 11.9 Å². The van der Waals surface area contributed by atoms with E-state index in [-0.39, 0.29) is 5.69 Å². The van der Waals surface area contributed by atoms with Crippen molar-refractivity contribution in [3.8, 4) is 11.4 Å². The van der Waals surface area contributed by atoms with E-state index in [2.05, 4.69) is 10.4 Å². The zero-order valence-electron chi connectivity index (χ0n) is 14.7. The fraction of sp³-hybridized carbons (Fsp3) is 0.389. The summed E-state index contributed by atoms with van der Waals surface area (Å²) in [6.07, 6.45) is 3.63. The highest BCUT2D eigenvalue weighted by atomic mass is 16.5. The molecule has 0 fully saturated rings. The molecule has 0 spiro atoms. The number of benzene rings is 1. The van der Waals surface area contributed by atoms with Crippen LogP contribution in [0.15, 0.2) is 30.5 Å². The van der Waals surface area contributed by atoms with Crippen molar-refractivity contribution in [1.82, 2.24) is 15.1 Å². The number of aliphatic carboxylic acids is 1. The third kappa shape index (κ3) is 4.59. The highest BCUT2D eigenvalue weighted by Gasteiger charge is 2.21. The first-order valence-corrected chi connectivity index (χ1v) is 8.20. The standard InChI is InChI=1S/C18H23N3O4/c1-4-5-6-14(18(23)24)19-17(22)13-9-10-21(20-13)15-11-12(2)7-8-16(15)25-3/h7-11,14H,4-6H2,1-3H3,(H,19,22)(H,23,24). The van der Waals surface area contributed by atoms with Crippen molar-refractivity contribution in [3.63, 3.8) is 0 Å². The van der Waals surface area contributed by atoms with Gasteiger partial charge in [0.1, 0.15) is 17.5 Å². The summed E-state index contributed by atoms with van der Waals surface area (Å²) in [5.41, 5.74) is 1.90. The number of methoxy groups -OCH3 is 1. The van der Waals surface area contributed by atoms with Gasteiger partial charge < -0.3 is 15.2 Å². The number of nitrogens with zero attached hydrogens (tertiary/aromatic N) is 2. The van der Waals surface area contributed by atoms with Gasteiger partial charge in [-0.05, 0) is 37.1 Å². The van der Waals surface area contributed by atoms with Crippen molar-refractivity contribution in [2.75, 3.05) is 7.11 Å². The van der Waals surface area contributed by atoms with Crippen LogP contribution in [0.3, 0.4) is 0 Å². The van der Waals surface area contributed by atoms with E-state index in [4.69, 9.17) is 4.74 Å². The van der Waals surface area contributed by atoms with Crippen molar-refractivity contribution in [1.29, 1.82) is 0 Å². The molecule has 0 aliphatic heterocycles. The predicted molar refractivity (Wildman–Crippen MR) is 93.3 cm³/mol. The van der Waals surface area contributed by atoms with Crippen molar-refractivity contribution in [2.24, 2.45) is 0 Å². The molecule has 2 rings (SSSR count). The largest absolute Gasteiger partial charge is 0.494 e. The zero-order valence-corrected chi connectivity index (χ0v) is 14.7. The van der Waals surface area contributed by atoms with E-state index in [9.17, 15) is 14.7 Å². The molecule has 1 atom stereocenters. The molecular formula is C18H23N3O4. The zero-order chi connectivity index (χ0) is 18.4. The number of aromatic nitrogens is 2. The number of nitrogens with one attached hydrogen (secondary N) is 1. The summed E-state index contributed by atoms with van der Waals surface area (Å²) in [6, 6.07) is 6.29. The molecule has 0 bridgehead atoms. The van der Waals surface area contributed by atoms with Crippen LogP contribution >= 0.6 is 0 Å². The van der Waals surface area contributed by atoms with Crippen LogP contribution in [0.2, 0.25) is 0 Å². The number of aryl methyl sites for hydroxylation is 1. The summed E-state index contributed by atoms with van der Waals surface area (Å²) < 4.78 is 6.87. The van der Waals surface area contributed by atoms with Crippen LogP contribution < -0.4 is 10.1 Å². The van der Waals surface area contributed by atoms with Gasteiger partial charge in [0.15, 0.2) is 5.69 Å². The smallest absolute Gasteiger partial charge is 0.326 e. The average molecular weight is 345 g/mol. The fourth-order valence-electron chi connectivity index (χ4n) is 2.46. The molecule has 0 aliphatic carbocycles. The van der Waals surface area contributed by atoms with Gasteiger partial charge in [0.25, 0.3) is 5.91 Å². The summed E-state index contributed by atoms with van der Waals surface area (Å²) in [7, 11) is 1.57. The number of ether oxygens (including phenoxy) is 1. The molecule has 25 heavy (non-hydrogen) atoms. The third-order valence-electron chi connectivity index (χ3n) is 3.85. The maximum Gasteiger partial charge on any atom is 0.326 e. The van der Waals surface area contributed by atoms with Gasteiger partial charge in [-0.2, -0.15) is 5.10 Å². The van der Waals surface area contributed by atoms with Crippen LogP contribution in [0, 0.1) is 6.92 Å². The minimum atomic E-state index is -1.04. The molecule has 7 heteroatoms. The molecule has 1 amide bonds. The summed E-state index contributed by atoms with van der Waals surface area (Å²) in [5, 5.41) is 16.0. The molecule has 1 heterocycles. The number of amides is 1. The Labute approximate surface area is 146 Å². The normalized spacial score (nSPS) is 11.8. The lowest BCUT2D eigenvalue weighted by molar-refractivity contribution is -0.139. The monoisotopic (exact) mass is 345 g/mol. The third-order valence-corrected chi connectivity index (χ3v) is 3.85. The van der Waals surface area contributed by atoms with Gasteiger partial charge in [-0.25, -0.2) is 9.48 Å². The van der Waals surface area contributed by atoms with Gasteiger partial charge in [-0.1, -0.05) is 25.8 Å². The summed E-state index contributed by atoms with van der Waals surface area (Å²) in [6.45, 7) is 3.92. The highest BCUT2D eigenvalue weighted by Crippen LogP contribution is 2.23. The Morgan fingerprint density at radius 1 is 1.36 bits per heavy atom. The molecule has 1 aromatic carbocycles.